The smallest absolute Gasteiger partial charge is 0.271 e. The van der Waals surface area contributed by atoms with Crippen molar-refractivity contribution in [1.82, 2.24) is 0 Å². The van der Waals surface area contributed by atoms with Crippen molar-refractivity contribution in [3.05, 3.63) is 69.8 Å². The van der Waals surface area contributed by atoms with Gasteiger partial charge in [0.1, 0.15) is 0 Å². The molecule has 2 aromatic carbocycles. The van der Waals surface area contributed by atoms with Crippen LogP contribution in [0.25, 0.3) is 0 Å². The molecule has 5 nitrogen and oxygen atoms in total. The van der Waals surface area contributed by atoms with Crippen molar-refractivity contribution in [1.29, 1.82) is 0 Å². The van der Waals surface area contributed by atoms with Gasteiger partial charge in [0.2, 0.25) is 0 Å². The van der Waals surface area contributed by atoms with Gasteiger partial charge < -0.3 is 0 Å². The van der Waals surface area contributed by atoms with Crippen LogP contribution in [0.3, 0.4) is 0 Å². The second kappa shape index (κ2) is 5.77. The van der Waals surface area contributed by atoms with Crippen LogP contribution in [0.15, 0.2) is 53.6 Å². The molecule has 96 valence electrons. The Hall–Kier alpha value is -2.69. The van der Waals surface area contributed by atoms with E-state index in [9.17, 15) is 10.1 Å². The highest BCUT2D eigenvalue weighted by Gasteiger charge is 2.04. The minimum atomic E-state index is -0.435. The van der Waals surface area contributed by atoms with Gasteiger partial charge in [0.25, 0.3) is 5.69 Å². The zero-order valence-corrected chi connectivity index (χ0v) is 10.4. The van der Waals surface area contributed by atoms with Crippen LogP contribution in [0.4, 0.5) is 11.4 Å². The summed E-state index contributed by atoms with van der Waals surface area (Å²) in [6.07, 6.45) is 1.67. The molecular weight excluding hydrogens is 242 g/mol. The van der Waals surface area contributed by atoms with Gasteiger partial charge in [0.15, 0.2) is 0 Å². The van der Waals surface area contributed by atoms with Crippen LogP contribution in [-0.4, -0.2) is 11.1 Å². The van der Waals surface area contributed by atoms with Crippen LogP contribution < -0.4 is 5.43 Å². The Kier molecular flexibility index (Phi) is 3.87. The summed E-state index contributed by atoms with van der Waals surface area (Å²) in [6, 6.07) is 14.1. The Morgan fingerprint density at radius 2 is 2.00 bits per heavy atom. The summed E-state index contributed by atoms with van der Waals surface area (Å²) < 4.78 is 0. The lowest BCUT2D eigenvalue weighted by Crippen LogP contribution is -1.93. The van der Waals surface area contributed by atoms with Gasteiger partial charge in [-0.3, -0.25) is 15.5 Å². The lowest BCUT2D eigenvalue weighted by Gasteiger charge is -2.00. The molecule has 5 heteroatoms. The molecule has 19 heavy (non-hydrogen) atoms. The highest BCUT2D eigenvalue weighted by atomic mass is 16.6. The summed E-state index contributed by atoms with van der Waals surface area (Å²) in [5.41, 5.74) is 5.51. The lowest BCUT2D eigenvalue weighted by atomic mass is 10.2. The van der Waals surface area contributed by atoms with Gasteiger partial charge in [-0.2, -0.15) is 5.10 Å². The van der Waals surface area contributed by atoms with Crippen LogP contribution in [0, 0.1) is 17.0 Å². The minimum Gasteiger partial charge on any atom is -0.278 e. The van der Waals surface area contributed by atoms with Crippen molar-refractivity contribution in [2.45, 2.75) is 6.92 Å². The highest BCUT2D eigenvalue weighted by Crippen LogP contribution is 2.16. The van der Waals surface area contributed by atoms with Crippen LogP contribution in [0.5, 0.6) is 0 Å². The van der Waals surface area contributed by atoms with E-state index in [-0.39, 0.29) is 5.69 Å². The fraction of sp³-hybridized carbons (Fsp3) is 0.0714. The van der Waals surface area contributed by atoms with Gasteiger partial charge >= 0.3 is 0 Å². The molecule has 0 amide bonds. The van der Waals surface area contributed by atoms with Crippen molar-refractivity contribution in [2.24, 2.45) is 5.10 Å². The van der Waals surface area contributed by atoms with Gasteiger partial charge in [-0.15, -0.1) is 0 Å². The summed E-state index contributed by atoms with van der Waals surface area (Å²) in [5.74, 6) is 0. The topological polar surface area (TPSA) is 67.5 Å². The van der Waals surface area contributed by atoms with Crippen molar-refractivity contribution >= 4 is 17.6 Å². The Morgan fingerprint density at radius 1 is 1.21 bits per heavy atom. The summed E-state index contributed by atoms with van der Waals surface area (Å²) in [7, 11) is 0. The van der Waals surface area contributed by atoms with E-state index >= 15 is 0 Å². The number of benzene rings is 2. The number of non-ortho nitro benzene ring substituents is 1. The number of hydrogen-bond donors (Lipinski definition) is 1. The van der Waals surface area contributed by atoms with Crippen LogP contribution in [0.1, 0.15) is 11.1 Å². The molecule has 1 N–H and O–H groups in total. The number of nitrogens with zero attached hydrogens (tertiary/aromatic N) is 2. The molecule has 0 fully saturated rings. The maximum Gasteiger partial charge on any atom is 0.271 e. The number of anilines is 1. The molecule has 0 unspecified atom stereocenters. The standard InChI is InChI=1S/C14H13N3O2/c1-11-4-2-5-12(8-11)10-15-16-13-6-3-7-14(9-13)17(18)19/h2-10,16H,1H3. The first-order valence-corrected chi connectivity index (χ1v) is 5.75. The largest absolute Gasteiger partial charge is 0.278 e. The molecule has 0 atom stereocenters. The van der Waals surface area contributed by atoms with E-state index in [1.165, 1.54) is 12.1 Å². The second-order valence-corrected chi connectivity index (χ2v) is 4.09. The lowest BCUT2D eigenvalue weighted by molar-refractivity contribution is -0.384. The zero-order valence-electron chi connectivity index (χ0n) is 10.4. The first-order valence-electron chi connectivity index (χ1n) is 5.75. The molecule has 0 aromatic heterocycles. The van der Waals surface area contributed by atoms with Crippen molar-refractivity contribution < 1.29 is 4.92 Å². The molecule has 0 bridgehead atoms. The number of nitro benzene ring substituents is 1. The van der Waals surface area contributed by atoms with Crippen LogP contribution >= 0.6 is 0 Å². The predicted octanol–water partition coefficient (Wildman–Crippen LogP) is 3.35. The number of aryl methyl sites for hydroxylation is 1. The van der Waals surface area contributed by atoms with Crippen molar-refractivity contribution in [3.63, 3.8) is 0 Å². The predicted molar refractivity (Wildman–Crippen MR) is 75.5 cm³/mol. The van der Waals surface area contributed by atoms with E-state index in [1.54, 1.807) is 18.3 Å². The summed E-state index contributed by atoms with van der Waals surface area (Å²) in [5, 5.41) is 14.7. The van der Waals surface area contributed by atoms with E-state index in [4.69, 9.17) is 0 Å². The molecule has 0 aliphatic rings. The molecule has 0 spiro atoms. The minimum absolute atomic E-state index is 0.0377. The average molecular weight is 255 g/mol. The Bertz CT molecular complexity index is 624. The van der Waals surface area contributed by atoms with Crippen LogP contribution in [-0.2, 0) is 0 Å². The van der Waals surface area contributed by atoms with E-state index in [0.717, 1.165) is 11.1 Å². The Balaban J connectivity index is 2.06. The molecule has 0 saturated carbocycles. The first-order chi connectivity index (χ1) is 9.15. The highest BCUT2D eigenvalue weighted by molar-refractivity contribution is 5.80. The van der Waals surface area contributed by atoms with Crippen molar-refractivity contribution in [3.8, 4) is 0 Å². The summed E-state index contributed by atoms with van der Waals surface area (Å²) in [6.45, 7) is 2.01. The maximum absolute atomic E-state index is 10.6. The van der Waals surface area contributed by atoms with E-state index in [1.807, 2.05) is 31.2 Å². The SMILES string of the molecule is Cc1cccc(C=NNc2cccc([N+](=O)[O-])c2)c1. The third kappa shape index (κ3) is 3.64. The third-order valence-corrected chi connectivity index (χ3v) is 2.51. The molecule has 2 aromatic rings. The number of hydrogen-bond acceptors (Lipinski definition) is 4. The molecule has 2 rings (SSSR count). The second-order valence-electron chi connectivity index (χ2n) is 4.09. The third-order valence-electron chi connectivity index (χ3n) is 2.51. The van der Waals surface area contributed by atoms with Crippen molar-refractivity contribution in [2.75, 3.05) is 5.43 Å². The Morgan fingerprint density at radius 3 is 2.74 bits per heavy atom. The van der Waals surface area contributed by atoms with E-state index in [0.29, 0.717) is 5.69 Å². The number of rotatable bonds is 4. The monoisotopic (exact) mass is 255 g/mol. The molecule has 0 heterocycles. The number of hydrazone groups is 1. The van der Waals surface area contributed by atoms with Gasteiger partial charge in [0, 0.05) is 12.1 Å². The molecule has 0 saturated heterocycles. The molecular formula is C14H13N3O2. The van der Waals surface area contributed by atoms with Gasteiger partial charge in [-0.05, 0) is 18.6 Å². The fourth-order valence-corrected chi connectivity index (χ4v) is 1.62. The van der Waals surface area contributed by atoms with E-state index in [2.05, 4.69) is 10.5 Å². The van der Waals surface area contributed by atoms with Crippen LogP contribution in [0.2, 0.25) is 0 Å². The Labute approximate surface area is 110 Å². The molecule has 0 aliphatic heterocycles. The van der Waals surface area contributed by atoms with E-state index < -0.39 is 4.92 Å². The molecule has 0 radical (unpaired) electrons. The average Bonchev–Trinajstić information content (AvgIpc) is 2.39. The first kappa shape index (κ1) is 12.8. The maximum atomic E-state index is 10.6. The fourth-order valence-electron chi connectivity index (χ4n) is 1.62. The number of nitro groups is 1. The number of nitrogens with one attached hydrogen (secondary N) is 1. The quantitative estimate of drug-likeness (QED) is 0.517. The zero-order chi connectivity index (χ0) is 13.7. The van der Waals surface area contributed by atoms with Gasteiger partial charge in [-0.1, -0.05) is 35.9 Å². The molecule has 0 aliphatic carbocycles. The summed E-state index contributed by atoms with van der Waals surface area (Å²) in [4.78, 5) is 10.2. The summed E-state index contributed by atoms with van der Waals surface area (Å²) >= 11 is 0. The van der Waals surface area contributed by atoms with Gasteiger partial charge in [-0.25, -0.2) is 0 Å². The normalized spacial score (nSPS) is 10.6. The van der Waals surface area contributed by atoms with Gasteiger partial charge in [0.05, 0.1) is 16.8 Å².